The van der Waals surface area contributed by atoms with Crippen LogP contribution in [0.5, 0.6) is 0 Å². The Morgan fingerprint density at radius 1 is 1.25 bits per heavy atom. The Balaban J connectivity index is 2.04. The average Bonchev–Trinajstić information content (AvgIpc) is 2.54. The second kappa shape index (κ2) is 6.27. The van der Waals surface area contributed by atoms with Crippen molar-refractivity contribution in [2.24, 2.45) is 0 Å². The topological polar surface area (TPSA) is 69.2 Å². The van der Waals surface area contributed by atoms with Gasteiger partial charge in [-0.1, -0.05) is 6.07 Å². The summed E-state index contributed by atoms with van der Waals surface area (Å²) >= 11 is 0. The number of hydrogen-bond donors (Lipinski definition) is 2. The Kier molecular flexibility index (Phi) is 4.31. The summed E-state index contributed by atoms with van der Waals surface area (Å²) < 4.78 is 40.5. The molecule has 1 fully saturated rings. The Bertz CT molecular complexity index is 768. The first kappa shape index (κ1) is 16.5. The molecule has 3 rings (SSSR count). The summed E-state index contributed by atoms with van der Waals surface area (Å²) in [6, 6.07) is 6.54. The minimum absolute atomic E-state index is 0.0504. The molecular formula is C16H16F3N3O2. The number of aromatic nitrogens is 2. The maximum absolute atomic E-state index is 13.5. The predicted octanol–water partition coefficient (Wildman–Crippen LogP) is 2.42. The molecule has 1 saturated heterocycles. The largest absolute Gasteiger partial charge is 0.418 e. The highest BCUT2D eigenvalue weighted by atomic mass is 19.4. The van der Waals surface area contributed by atoms with Gasteiger partial charge in [-0.15, -0.1) is 0 Å². The van der Waals surface area contributed by atoms with Gasteiger partial charge in [0.2, 0.25) is 0 Å². The van der Waals surface area contributed by atoms with E-state index in [1.54, 1.807) is 4.90 Å². The Morgan fingerprint density at radius 2 is 2.04 bits per heavy atom. The van der Waals surface area contributed by atoms with Crippen LogP contribution < -0.4 is 10.5 Å². The van der Waals surface area contributed by atoms with E-state index in [-0.39, 0.29) is 23.5 Å². The minimum atomic E-state index is -4.53. The quantitative estimate of drug-likeness (QED) is 0.882. The van der Waals surface area contributed by atoms with Crippen LogP contribution in [0.2, 0.25) is 0 Å². The van der Waals surface area contributed by atoms with Crippen molar-refractivity contribution < 1.29 is 18.3 Å². The number of piperidine rings is 1. The summed E-state index contributed by atoms with van der Waals surface area (Å²) in [5.74, 6) is 0. The molecule has 8 heteroatoms. The van der Waals surface area contributed by atoms with Crippen molar-refractivity contribution in [3.8, 4) is 11.3 Å². The smallest absolute Gasteiger partial charge is 0.391 e. The molecule has 2 aromatic rings. The number of alkyl halides is 3. The molecule has 1 atom stereocenters. The fraction of sp³-hybridized carbons (Fsp3) is 0.375. The summed E-state index contributed by atoms with van der Waals surface area (Å²) in [4.78, 5) is 12.6. The highest BCUT2D eigenvalue weighted by molar-refractivity contribution is 5.67. The van der Waals surface area contributed by atoms with Gasteiger partial charge in [-0.05, 0) is 31.0 Å². The zero-order chi connectivity index (χ0) is 17.3. The molecule has 1 aromatic carbocycles. The zero-order valence-corrected chi connectivity index (χ0v) is 12.7. The number of hydrogen-bond acceptors (Lipinski definition) is 4. The number of nitrogens with zero attached hydrogens (tertiary/aromatic N) is 2. The van der Waals surface area contributed by atoms with E-state index in [0.29, 0.717) is 19.4 Å². The lowest BCUT2D eigenvalue weighted by Gasteiger charge is -2.33. The van der Waals surface area contributed by atoms with E-state index in [4.69, 9.17) is 0 Å². The van der Waals surface area contributed by atoms with Gasteiger partial charge in [0, 0.05) is 30.4 Å². The molecule has 2 N–H and O–H groups in total. The molecule has 0 spiro atoms. The maximum atomic E-state index is 13.5. The molecule has 1 aliphatic heterocycles. The highest BCUT2D eigenvalue weighted by Crippen LogP contribution is 2.39. The number of H-pyrrole nitrogens is 1. The number of anilines is 1. The van der Waals surface area contributed by atoms with E-state index in [1.807, 2.05) is 0 Å². The van der Waals surface area contributed by atoms with Gasteiger partial charge in [0.1, 0.15) is 0 Å². The first-order chi connectivity index (χ1) is 11.3. The third-order valence-electron chi connectivity index (χ3n) is 4.01. The van der Waals surface area contributed by atoms with Crippen molar-refractivity contribution in [1.82, 2.24) is 10.2 Å². The third-order valence-corrected chi connectivity index (χ3v) is 4.01. The molecule has 1 aromatic heterocycles. The lowest BCUT2D eigenvalue weighted by molar-refractivity contribution is -0.137. The lowest BCUT2D eigenvalue weighted by atomic mass is 10.0. The van der Waals surface area contributed by atoms with Crippen molar-refractivity contribution in [1.29, 1.82) is 0 Å². The number of aromatic amines is 1. The summed E-state index contributed by atoms with van der Waals surface area (Å²) in [5, 5.41) is 15.7. The first-order valence-electron chi connectivity index (χ1n) is 7.55. The van der Waals surface area contributed by atoms with E-state index < -0.39 is 23.4 Å². The molecule has 0 amide bonds. The van der Waals surface area contributed by atoms with Crippen LogP contribution in [-0.4, -0.2) is 34.5 Å². The third kappa shape index (κ3) is 3.43. The summed E-state index contributed by atoms with van der Waals surface area (Å²) in [6.45, 7) is 0.649. The molecule has 128 valence electrons. The van der Waals surface area contributed by atoms with Crippen molar-refractivity contribution in [2.75, 3.05) is 18.0 Å². The highest BCUT2D eigenvalue weighted by Gasteiger charge is 2.36. The van der Waals surface area contributed by atoms with Crippen LogP contribution in [0.1, 0.15) is 18.4 Å². The van der Waals surface area contributed by atoms with Crippen LogP contribution in [-0.2, 0) is 6.18 Å². The number of aliphatic hydroxyl groups excluding tert-OH is 1. The molecule has 5 nitrogen and oxygen atoms in total. The van der Waals surface area contributed by atoms with Crippen LogP contribution in [0, 0.1) is 0 Å². The molecule has 24 heavy (non-hydrogen) atoms. The van der Waals surface area contributed by atoms with Gasteiger partial charge >= 0.3 is 6.18 Å². The fourth-order valence-corrected chi connectivity index (χ4v) is 2.88. The average molecular weight is 339 g/mol. The number of nitrogens with one attached hydrogen (secondary N) is 1. The molecule has 0 bridgehead atoms. The molecule has 0 radical (unpaired) electrons. The SMILES string of the molecule is O=c1ccc(-c2ccc(N3CCCC(O)C3)c(C(F)(F)F)c2)n[nH]1. The second-order valence-electron chi connectivity index (χ2n) is 5.78. The summed E-state index contributed by atoms with van der Waals surface area (Å²) in [7, 11) is 0. The standard InChI is InChI=1S/C16H16F3N3O2/c17-16(18,19)12-8-10(13-4-6-15(24)21-20-13)3-5-14(12)22-7-1-2-11(23)9-22/h3-6,8,11,23H,1-2,7,9H2,(H,21,24). The maximum Gasteiger partial charge on any atom is 0.418 e. The van der Waals surface area contributed by atoms with E-state index in [2.05, 4.69) is 10.2 Å². The predicted molar refractivity (Wildman–Crippen MR) is 82.7 cm³/mol. The normalized spacial score (nSPS) is 18.7. The van der Waals surface area contributed by atoms with Crippen molar-refractivity contribution >= 4 is 5.69 Å². The van der Waals surface area contributed by atoms with Crippen LogP contribution >= 0.6 is 0 Å². The number of halogens is 3. The van der Waals surface area contributed by atoms with Gasteiger partial charge in [-0.2, -0.15) is 18.3 Å². The van der Waals surface area contributed by atoms with Crippen molar-refractivity contribution in [2.45, 2.75) is 25.1 Å². The van der Waals surface area contributed by atoms with E-state index >= 15 is 0 Å². The monoisotopic (exact) mass is 339 g/mol. The van der Waals surface area contributed by atoms with Crippen LogP contribution in [0.3, 0.4) is 0 Å². The van der Waals surface area contributed by atoms with Gasteiger partial charge in [-0.3, -0.25) is 4.79 Å². The first-order valence-corrected chi connectivity index (χ1v) is 7.55. The van der Waals surface area contributed by atoms with Gasteiger partial charge in [0.05, 0.1) is 17.4 Å². The molecule has 1 unspecified atom stereocenters. The van der Waals surface area contributed by atoms with E-state index in [9.17, 15) is 23.1 Å². The molecular weight excluding hydrogens is 323 g/mol. The van der Waals surface area contributed by atoms with Gasteiger partial charge in [0.15, 0.2) is 0 Å². The van der Waals surface area contributed by atoms with Gasteiger partial charge in [0.25, 0.3) is 5.56 Å². The minimum Gasteiger partial charge on any atom is -0.391 e. The Labute approximate surface area is 135 Å². The van der Waals surface area contributed by atoms with Gasteiger partial charge < -0.3 is 10.0 Å². The van der Waals surface area contributed by atoms with Crippen LogP contribution in [0.25, 0.3) is 11.3 Å². The molecule has 0 aliphatic carbocycles. The lowest BCUT2D eigenvalue weighted by Crippen LogP contribution is -2.39. The fourth-order valence-electron chi connectivity index (χ4n) is 2.88. The summed E-state index contributed by atoms with van der Waals surface area (Å²) in [6.07, 6.45) is -3.92. The number of aliphatic hydroxyl groups is 1. The summed E-state index contributed by atoms with van der Waals surface area (Å²) in [5.41, 5.74) is -0.629. The van der Waals surface area contributed by atoms with Crippen LogP contribution in [0.4, 0.5) is 18.9 Å². The van der Waals surface area contributed by atoms with E-state index in [1.165, 1.54) is 24.3 Å². The molecule has 1 aliphatic rings. The molecule has 2 heterocycles. The van der Waals surface area contributed by atoms with Crippen molar-refractivity contribution in [3.63, 3.8) is 0 Å². The Morgan fingerprint density at radius 3 is 2.67 bits per heavy atom. The van der Waals surface area contributed by atoms with Crippen molar-refractivity contribution in [3.05, 3.63) is 46.2 Å². The zero-order valence-electron chi connectivity index (χ0n) is 12.7. The molecule has 0 saturated carbocycles. The number of benzene rings is 1. The Hall–Kier alpha value is -2.35. The van der Waals surface area contributed by atoms with Gasteiger partial charge in [-0.25, -0.2) is 5.10 Å². The number of rotatable bonds is 2. The number of β-amino-alcohol motifs (C(OH)–C–C–N with tert-alkyl or cyclic N) is 1. The van der Waals surface area contributed by atoms with Crippen LogP contribution in [0.15, 0.2) is 35.1 Å². The second-order valence-corrected chi connectivity index (χ2v) is 5.78. The van der Waals surface area contributed by atoms with E-state index in [0.717, 1.165) is 6.07 Å².